The lowest BCUT2D eigenvalue weighted by Gasteiger charge is -2.34. The van der Waals surface area contributed by atoms with Gasteiger partial charge in [0.2, 0.25) is 0 Å². The maximum absolute atomic E-state index is 9.69. The standard InChI is InChI=1S/C15H26O5/c1-10(2)5-4-6-11(3)7-8-19-15-14(18)13(17)12(16)9-20-15/h5,7,12-18H,4,6,8-9H2,1-3H3/b11-7+. The minimum Gasteiger partial charge on any atom is -0.388 e. The molecule has 1 aliphatic heterocycles. The summed E-state index contributed by atoms with van der Waals surface area (Å²) in [6.07, 6.45) is 1.68. The SMILES string of the molecule is CC(C)=CCC/C(C)=C/COC1OCC(O)C(O)C1O. The summed E-state index contributed by atoms with van der Waals surface area (Å²) in [5.41, 5.74) is 2.51. The first-order valence-corrected chi connectivity index (χ1v) is 6.98. The van der Waals surface area contributed by atoms with Crippen molar-refractivity contribution in [2.75, 3.05) is 13.2 Å². The summed E-state index contributed by atoms with van der Waals surface area (Å²) in [6.45, 7) is 6.45. The molecule has 1 rings (SSSR count). The van der Waals surface area contributed by atoms with Gasteiger partial charge in [0.05, 0.1) is 13.2 Å². The van der Waals surface area contributed by atoms with Gasteiger partial charge in [-0.3, -0.25) is 0 Å². The molecule has 0 bridgehead atoms. The highest BCUT2D eigenvalue weighted by molar-refractivity contribution is 5.02. The van der Waals surface area contributed by atoms with Crippen LogP contribution in [0.3, 0.4) is 0 Å². The molecule has 0 saturated carbocycles. The fraction of sp³-hybridized carbons (Fsp3) is 0.733. The van der Waals surface area contributed by atoms with Crippen LogP contribution in [0.15, 0.2) is 23.3 Å². The quantitative estimate of drug-likeness (QED) is 0.638. The predicted molar refractivity (Wildman–Crippen MR) is 76.1 cm³/mol. The molecule has 0 amide bonds. The third-order valence-electron chi connectivity index (χ3n) is 3.24. The van der Waals surface area contributed by atoms with E-state index in [0.717, 1.165) is 12.8 Å². The van der Waals surface area contributed by atoms with Crippen molar-refractivity contribution in [3.63, 3.8) is 0 Å². The van der Waals surface area contributed by atoms with Gasteiger partial charge in [-0.05, 0) is 33.6 Å². The topological polar surface area (TPSA) is 79.2 Å². The summed E-state index contributed by atoms with van der Waals surface area (Å²) < 4.78 is 10.5. The molecule has 0 aromatic heterocycles. The Morgan fingerprint density at radius 3 is 2.50 bits per heavy atom. The molecule has 0 aliphatic carbocycles. The van der Waals surface area contributed by atoms with Crippen LogP contribution in [-0.4, -0.2) is 53.1 Å². The van der Waals surface area contributed by atoms with Crippen molar-refractivity contribution in [1.29, 1.82) is 0 Å². The Balaban J connectivity index is 2.30. The van der Waals surface area contributed by atoms with Gasteiger partial charge in [0.15, 0.2) is 6.29 Å². The van der Waals surface area contributed by atoms with Crippen molar-refractivity contribution in [3.8, 4) is 0 Å². The molecule has 5 nitrogen and oxygen atoms in total. The molecule has 116 valence electrons. The minimum absolute atomic E-state index is 0.0356. The molecule has 0 spiro atoms. The van der Waals surface area contributed by atoms with Crippen LogP contribution in [-0.2, 0) is 9.47 Å². The van der Waals surface area contributed by atoms with Gasteiger partial charge in [0.25, 0.3) is 0 Å². The van der Waals surface area contributed by atoms with Gasteiger partial charge >= 0.3 is 0 Å². The normalized spacial score (nSPS) is 31.2. The van der Waals surface area contributed by atoms with E-state index in [4.69, 9.17) is 9.47 Å². The summed E-state index contributed by atoms with van der Waals surface area (Å²) >= 11 is 0. The van der Waals surface area contributed by atoms with E-state index in [0.29, 0.717) is 6.61 Å². The van der Waals surface area contributed by atoms with Crippen molar-refractivity contribution in [3.05, 3.63) is 23.3 Å². The highest BCUT2D eigenvalue weighted by atomic mass is 16.7. The molecule has 0 radical (unpaired) electrons. The Bertz CT molecular complexity index is 346. The largest absolute Gasteiger partial charge is 0.388 e. The van der Waals surface area contributed by atoms with Crippen LogP contribution in [0.1, 0.15) is 33.6 Å². The van der Waals surface area contributed by atoms with Gasteiger partial charge in [-0.25, -0.2) is 0 Å². The molecule has 0 aromatic carbocycles. The molecular weight excluding hydrogens is 260 g/mol. The lowest BCUT2D eigenvalue weighted by atomic mass is 10.1. The van der Waals surface area contributed by atoms with Crippen LogP contribution < -0.4 is 0 Å². The zero-order valence-corrected chi connectivity index (χ0v) is 12.5. The van der Waals surface area contributed by atoms with Crippen LogP contribution in [0.2, 0.25) is 0 Å². The van der Waals surface area contributed by atoms with E-state index < -0.39 is 24.6 Å². The Labute approximate surface area is 120 Å². The van der Waals surface area contributed by atoms with Gasteiger partial charge in [0.1, 0.15) is 18.3 Å². The molecule has 20 heavy (non-hydrogen) atoms. The first-order valence-electron chi connectivity index (χ1n) is 6.98. The van der Waals surface area contributed by atoms with Gasteiger partial charge in [-0.2, -0.15) is 0 Å². The highest BCUT2D eigenvalue weighted by Crippen LogP contribution is 2.16. The first kappa shape index (κ1) is 17.3. The summed E-state index contributed by atoms with van der Waals surface area (Å²) in [6, 6.07) is 0. The Morgan fingerprint density at radius 1 is 1.15 bits per heavy atom. The molecule has 1 fully saturated rings. The second-order valence-electron chi connectivity index (χ2n) is 5.45. The molecule has 1 heterocycles. The van der Waals surface area contributed by atoms with E-state index in [2.05, 4.69) is 19.9 Å². The number of aliphatic hydroxyl groups is 3. The van der Waals surface area contributed by atoms with Gasteiger partial charge in [0, 0.05) is 0 Å². The fourth-order valence-corrected chi connectivity index (χ4v) is 1.90. The number of aliphatic hydroxyl groups excluding tert-OH is 3. The van der Waals surface area contributed by atoms with Crippen molar-refractivity contribution in [1.82, 2.24) is 0 Å². The van der Waals surface area contributed by atoms with Crippen molar-refractivity contribution < 1.29 is 24.8 Å². The number of allylic oxidation sites excluding steroid dienone is 3. The highest BCUT2D eigenvalue weighted by Gasteiger charge is 2.37. The number of hydrogen-bond donors (Lipinski definition) is 3. The number of rotatable bonds is 6. The fourth-order valence-electron chi connectivity index (χ4n) is 1.90. The molecule has 4 atom stereocenters. The molecule has 5 heteroatoms. The van der Waals surface area contributed by atoms with Crippen LogP contribution in [0.25, 0.3) is 0 Å². The van der Waals surface area contributed by atoms with Crippen molar-refractivity contribution in [2.24, 2.45) is 0 Å². The molecule has 4 unspecified atom stereocenters. The molecule has 0 aromatic rings. The van der Waals surface area contributed by atoms with E-state index in [-0.39, 0.29) is 6.61 Å². The maximum atomic E-state index is 9.69. The predicted octanol–water partition coefficient (Wildman–Crippen LogP) is 1.13. The maximum Gasteiger partial charge on any atom is 0.186 e. The van der Waals surface area contributed by atoms with E-state index in [9.17, 15) is 15.3 Å². The monoisotopic (exact) mass is 286 g/mol. The average molecular weight is 286 g/mol. The number of hydrogen-bond acceptors (Lipinski definition) is 5. The van der Waals surface area contributed by atoms with E-state index >= 15 is 0 Å². The third kappa shape index (κ3) is 5.73. The molecule has 3 N–H and O–H groups in total. The summed E-state index contributed by atoms with van der Waals surface area (Å²) in [5, 5.41) is 28.5. The van der Waals surface area contributed by atoms with Gasteiger partial charge in [-0.1, -0.05) is 23.3 Å². The minimum atomic E-state index is -1.23. The zero-order valence-electron chi connectivity index (χ0n) is 12.5. The molecule has 1 saturated heterocycles. The van der Waals surface area contributed by atoms with E-state index in [1.165, 1.54) is 11.1 Å². The Kier molecular flexibility index (Phi) is 7.40. The van der Waals surface area contributed by atoms with Crippen LogP contribution in [0.5, 0.6) is 0 Å². The van der Waals surface area contributed by atoms with E-state index in [1.54, 1.807) is 0 Å². The Hall–Kier alpha value is -0.720. The van der Waals surface area contributed by atoms with Crippen molar-refractivity contribution >= 4 is 0 Å². The zero-order chi connectivity index (χ0) is 15.1. The average Bonchev–Trinajstić information content (AvgIpc) is 2.38. The smallest absolute Gasteiger partial charge is 0.186 e. The summed E-state index contributed by atoms with van der Waals surface area (Å²) in [5.74, 6) is 0. The number of ether oxygens (including phenoxy) is 2. The van der Waals surface area contributed by atoms with E-state index in [1.807, 2.05) is 13.0 Å². The van der Waals surface area contributed by atoms with Crippen LogP contribution >= 0.6 is 0 Å². The molecule has 1 aliphatic rings. The summed E-state index contributed by atoms with van der Waals surface area (Å²) in [4.78, 5) is 0. The van der Waals surface area contributed by atoms with Crippen LogP contribution in [0, 0.1) is 0 Å². The lowest BCUT2D eigenvalue weighted by Crippen LogP contribution is -2.53. The van der Waals surface area contributed by atoms with Gasteiger partial charge < -0.3 is 24.8 Å². The second-order valence-corrected chi connectivity index (χ2v) is 5.45. The third-order valence-corrected chi connectivity index (χ3v) is 3.24. The summed E-state index contributed by atoms with van der Waals surface area (Å²) in [7, 11) is 0. The lowest BCUT2D eigenvalue weighted by molar-refractivity contribution is -0.266. The van der Waals surface area contributed by atoms with Gasteiger partial charge in [-0.15, -0.1) is 0 Å². The molecular formula is C15H26O5. The van der Waals surface area contributed by atoms with Crippen LogP contribution in [0.4, 0.5) is 0 Å². The van der Waals surface area contributed by atoms with Crippen molar-refractivity contribution in [2.45, 2.75) is 58.2 Å². The first-order chi connectivity index (χ1) is 9.41. The second kappa shape index (κ2) is 8.54. The Morgan fingerprint density at radius 2 is 1.85 bits per heavy atom.